The van der Waals surface area contributed by atoms with Crippen LogP contribution in [0.1, 0.15) is 51.3 Å². The number of anilines is 4. The van der Waals surface area contributed by atoms with Gasteiger partial charge in [0, 0.05) is 173 Å². The highest BCUT2D eigenvalue weighted by atomic mass is 19.1. The van der Waals surface area contributed by atoms with Gasteiger partial charge < -0.3 is 75.3 Å². The fourth-order valence-corrected chi connectivity index (χ4v) is 15.4. The van der Waals surface area contributed by atoms with Crippen LogP contribution in [0.2, 0.25) is 0 Å². The van der Waals surface area contributed by atoms with Crippen molar-refractivity contribution in [3.05, 3.63) is 235 Å². The van der Waals surface area contributed by atoms with E-state index in [-0.39, 0.29) is 16.9 Å². The number of imidazole rings is 4. The second-order valence-corrected chi connectivity index (χ2v) is 30.8. The van der Waals surface area contributed by atoms with Gasteiger partial charge in [0.05, 0.1) is 45.0 Å². The summed E-state index contributed by atoms with van der Waals surface area (Å²) in [6.07, 6.45) is 14.8. The Bertz CT molecular complexity index is 6450. The first kappa shape index (κ1) is 74.9. The maximum Gasteiger partial charge on any atom is 0.347 e. The lowest BCUT2D eigenvalue weighted by Crippen LogP contribution is -2.54. The molecule has 0 amide bonds. The molecule has 16 aromatic rings. The molecule has 0 bridgehead atoms. The van der Waals surface area contributed by atoms with Crippen LogP contribution in [0.15, 0.2) is 208 Å². The Kier molecular flexibility index (Phi) is 20.1. The zero-order valence-electron chi connectivity index (χ0n) is 65.5. The normalized spacial score (nSPS) is 18.4. The highest BCUT2D eigenvalue weighted by molar-refractivity contribution is 5.84. The third-order valence-corrected chi connectivity index (χ3v) is 21.8. The Morgan fingerprint density at radius 2 is 0.722 bits per heavy atom. The summed E-state index contributed by atoms with van der Waals surface area (Å²) >= 11 is 0. The van der Waals surface area contributed by atoms with E-state index in [0.29, 0.717) is 92.2 Å². The molecule has 4 saturated heterocycles. The van der Waals surface area contributed by atoms with Gasteiger partial charge in [0.2, 0.25) is 22.9 Å². The van der Waals surface area contributed by atoms with E-state index >= 15 is 0 Å². The Balaban J connectivity index is 0.000000111. The molecule has 5 atom stereocenters. The second-order valence-electron chi connectivity index (χ2n) is 30.8. The van der Waals surface area contributed by atoms with E-state index in [0.717, 1.165) is 145 Å². The maximum atomic E-state index is 13.9. The van der Waals surface area contributed by atoms with E-state index in [1.165, 1.54) is 6.07 Å². The van der Waals surface area contributed by atoms with Crippen LogP contribution < -0.4 is 52.7 Å². The predicted molar refractivity (Wildman–Crippen MR) is 445 cm³/mol. The van der Waals surface area contributed by atoms with Gasteiger partial charge in [-0.15, -0.1) is 0 Å². The number of nitrogens with one attached hydrogen (secondary N) is 2. The van der Waals surface area contributed by atoms with Crippen LogP contribution in [0.4, 0.5) is 27.7 Å². The van der Waals surface area contributed by atoms with Crippen LogP contribution >= 0.6 is 0 Å². The molecule has 29 heteroatoms. The average Bonchev–Trinajstić information content (AvgIpc) is 1.73. The number of fused-ring (bicyclic) bond motifs is 8. The zero-order valence-corrected chi connectivity index (χ0v) is 65.5. The number of piperazine rings is 4. The van der Waals surface area contributed by atoms with E-state index in [2.05, 4.69) is 129 Å². The van der Waals surface area contributed by atoms with E-state index < -0.39 is 28.3 Å². The highest BCUT2D eigenvalue weighted by Gasteiger charge is 2.28. The number of hydrogen-bond donors (Lipinski definition) is 2. The Morgan fingerprint density at radius 3 is 1.09 bits per heavy atom. The topological polar surface area (TPSA) is 285 Å². The zero-order chi connectivity index (χ0) is 79.6. The first-order valence-corrected chi connectivity index (χ1v) is 38.7. The van der Waals surface area contributed by atoms with Gasteiger partial charge in [0.15, 0.2) is 11.5 Å². The van der Waals surface area contributed by atoms with Crippen molar-refractivity contribution in [3.8, 4) is 45.0 Å². The fraction of sp³-hybridized carbons (Fsp3) is 0.302. The van der Waals surface area contributed by atoms with E-state index in [9.17, 15) is 23.6 Å². The van der Waals surface area contributed by atoms with E-state index in [1.807, 2.05) is 174 Å². The molecule has 4 fully saturated rings. The van der Waals surface area contributed by atoms with Crippen molar-refractivity contribution in [2.24, 2.45) is 0 Å². The standard InChI is InChI=1S/2C22H23N5O2.C21H20FN5O2.C21H21N5O2/c2*1-14-4-6-19-23-18(13-27(19)11-14)17-10-16-5-7-20(24-21(16)29-22(17)28)26-9-8-25(3)15(2)12-26;1-12-9-27(10-13(2)23-12)18-6-5-14-8-15(21(28)29-20(14)25-18)17-11-26-7-3-4-16(22)19(26)24-17;1-13-3-5-18-23-17(12-26(18)10-13)16-9-15-4-6-19(24-20(15)28-21(16)27)25-8-7-22-14(2)11-25/h2*4-7,10-11,13,15H,8-9,12H2,1-3H3;3-8,11-13,23H,9-10H2,1-2H3;3-6,9-10,12,14,22H,7-8,11H2,1-2H3/t2*15-;12-,13+;14-/m10.1/s1. The SMILES string of the molecule is C[C@@H]1CN(c2ccc3cc(-c4cn5cccc(F)c5n4)c(=O)oc3n2)C[C@H](C)N1.Cc1ccc2nc(-c3cc4ccc(N5CCN(C)[C@@H](C)C5)nc4oc3=O)cn2c1.Cc1ccc2nc(-c3cc4ccc(N5CCN(C)[C@H](C)C5)nc4oc3=O)cn2c1.Cc1ccc2nc(-c3cc4ccc(N5CCN[C@H](C)C5)nc4oc3=O)cn2c1. The molecule has 2 N–H and O–H groups in total. The largest absolute Gasteiger partial charge is 0.403 e. The minimum absolute atomic E-state index is 0.164. The van der Waals surface area contributed by atoms with Gasteiger partial charge in [-0.05, 0) is 189 Å². The third kappa shape index (κ3) is 15.6. The van der Waals surface area contributed by atoms with Crippen molar-refractivity contribution in [1.82, 2.24) is 77.9 Å². The van der Waals surface area contributed by atoms with Crippen LogP contribution in [0.3, 0.4) is 0 Å². The lowest BCUT2D eigenvalue weighted by atomic mass is 10.1. The van der Waals surface area contributed by atoms with E-state index in [1.54, 1.807) is 28.9 Å². The van der Waals surface area contributed by atoms with Gasteiger partial charge in [-0.1, -0.05) is 18.2 Å². The maximum absolute atomic E-state index is 13.9. The smallest absolute Gasteiger partial charge is 0.347 e. The molecule has 4 aliphatic heterocycles. The Labute approximate surface area is 658 Å². The molecule has 16 aromatic heterocycles. The van der Waals surface area contributed by atoms with Crippen molar-refractivity contribution in [3.63, 3.8) is 0 Å². The molecule has 28 nitrogen and oxygen atoms in total. The molecule has 115 heavy (non-hydrogen) atoms. The fourth-order valence-electron chi connectivity index (χ4n) is 15.4. The molecule has 20 heterocycles. The summed E-state index contributed by atoms with van der Waals surface area (Å²) < 4.78 is 43.5. The van der Waals surface area contributed by atoms with Gasteiger partial charge in [-0.25, -0.2) is 43.5 Å². The number of aryl methyl sites for hydroxylation is 3. The molecule has 0 aliphatic carbocycles. The molecule has 0 spiro atoms. The molecular formula is C86H87FN20O8. The van der Waals surface area contributed by atoms with Crippen molar-refractivity contribution in [2.75, 3.05) is 106 Å². The van der Waals surface area contributed by atoms with Crippen molar-refractivity contribution >= 4 is 90.3 Å². The number of pyridine rings is 8. The van der Waals surface area contributed by atoms with Crippen LogP contribution in [0.25, 0.3) is 112 Å². The molecule has 0 aromatic carbocycles. The molecule has 20 rings (SSSR count). The number of aromatic nitrogens is 12. The molecule has 0 saturated carbocycles. The molecular weight excluding hydrogens is 1460 g/mol. The summed E-state index contributed by atoms with van der Waals surface area (Å²) in [5.74, 6) is 2.85. The minimum atomic E-state index is -0.548. The minimum Gasteiger partial charge on any atom is -0.403 e. The predicted octanol–water partition coefficient (Wildman–Crippen LogP) is 11.3. The van der Waals surface area contributed by atoms with Crippen LogP contribution in [-0.2, 0) is 0 Å². The summed E-state index contributed by atoms with van der Waals surface area (Å²) in [5.41, 5.74) is 9.25. The summed E-state index contributed by atoms with van der Waals surface area (Å²) in [4.78, 5) is 101. The van der Waals surface area contributed by atoms with Crippen LogP contribution in [-0.4, -0.2) is 184 Å². The number of likely N-dealkylation sites (N-methyl/N-ethyl adjacent to an activating group) is 2. The quantitative estimate of drug-likeness (QED) is 0.143. The molecule has 0 unspecified atom stereocenters. The number of rotatable bonds is 8. The average molecular weight is 1550 g/mol. The van der Waals surface area contributed by atoms with Crippen LogP contribution in [0.5, 0.6) is 0 Å². The molecule has 0 radical (unpaired) electrons. The lowest BCUT2D eigenvalue weighted by molar-refractivity contribution is 0.233. The van der Waals surface area contributed by atoms with Gasteiger partial charge in [-0.3, -0.25) is 0 Å². The lowest BCUT2D eigenvalue weighted by Gasteiger charge is -2.38. The van der Waals surface area contributed by atoms with Crippen molar-refractivity contribution in [1.29, 1.82) is 0 Å². The van der Waals surface area contributed by atoms with Gasteiger partial charge >= 0.3 is 22.5 Å². The Morgan fingerprint density at radius 1 is 0.374 bits per heavy atom. The summed E-state index contributed by atoms with van der Waals surface area (Å²) in [5, 5.41) is 9.96. The molecule has 4 aliphatic rings. The summed E-state index contributed by atoms with van der Waals surface area (Å²) in [6, 6.07) is 39.6. The summed E-state index contributed by atoms with van der Waals surface area (Å²) in [6.45, 7) is 26.8. The van der Waals surface area contributed by atoms with Crippen LogP contribution in [0, 0.1) is 26.6 Å². The van der Waals surface area contributed by atoms with E-state index in [4.69, 9.17) is 17.7 Å². The monoisotopic (exact) mass is 1550 g/mol. The summed E-state index contributed by atoms with van der Waals surface area (Å²) in [7, 11) is 4.27. The third-order valence-electron chi connectivity index (χ3n) is 21.8. The highest BCUT2D eigenvalue weighted by Crippen LogP contribution is 2.31. The van der Waals surface area contributed by atoms with Gasteiger partial charge in [0.1, 0.15) is 40.2 Å². The first-order chi connectivity index (χ1) is 55.5. The first-order valence-electron chi connectivity index (χ1n) is 38.7. The number of halogens is 1. The molecule has 586 valence electrons. The van der Waals surface area contributed by atoms with Crippen molar-refractivity contribution < 1.29 is 22.1 Å². The number of nitrogens with zero attached hydrogens (tertiary/aromatic N) is 18. The Hall–Kier alpha value is -12.8. The van der Waals surface area contributed by atoms with Gasteiger partial charge in [0.25, 0.3) is 0 Å². The van der Waals surface area contributed by atoms with Gasteiger partial charge in [-0.2, -0.15) is 19.9 Å². The second kappa shape index (κ2) is 30.9. The van der Waals surface area contributed by atoms with Crippen molar-refractivity contribution in [2.45, 2.75) is 85.6 Å². The number of hydrogen-bond acceptors (Lipinski definition) is 24.